The van der Waals surface area contributed by atoms with Gasteiger partial charge in [-0.05, 0) is 39.1 Å². The maximum atomic E-state index is 11.9. The van der Waals surface area contributed by atoms with Crippen LogP contribution in [0, 0.1) is 12.8 Å². The Balaban J connectivity index is 2.63. The molecule has 0 aliphatic heterocycles. The molecule has 0 N–H and O–H groups in total. The van der Waals surface area contributed by atoms with Crippen LogP contribution < -0.4 is 0 Å². The van der Waals surface area contributed by atoms with Gasteiger partial charge >= 0.3 is 0 Å². The number of rotatable bonds is 6. The number of aryl methyl sites for hydroxylation is 1. The van der Waals surface area contributed by atoms with Gasteiger partial charge in [-0.25, -0.2) is 0 Å². The summed E-state index contributed by atoms with van der Waals surface area (Å²) in [6.45, 7) is 4.87. The van der Waals surface area contributed by atoms with Crippen LogP contribution in [0.4, 0.5) is 0 Å². The summed E-state index contributed by atoms with van der Waals surface area (Å²) in [6.07, 6.45) is 0. The first-order chi connectivity index (χ1) is 8.31. The van der Waals surface area contributed by atoms with E-state index >= 15 is 0 Å². The van der Waals surface area contributed by atoms with Gasteiger partial charge in [0.1, 0.15) is 0 Å². The van der Waals surface area contributed by atoms with E-state index in [1.165, 1.54) is 0 Å². The van der Waals surface area contributed by atoms with Crippen LogP contribution in [0.2, 0.25) is 0 Å². The van der Waals surface area contributed by atoms with Crippen LogP contribution in [0.25, 0.3) is 0 Å². The molecule has 1 aromatic rings. The molecular formula is C13H21NO3S. The van der Waals surface area contributed by atoms with Crippen molar-refractivity contribution in [3.63, 3.8) is 0 Å². The Morgan fingerprint density at radius 3 is 2.28 bits per heavy atom. The molecule has 18 heavy (non-hydrogen) atoms. The fourth-order valence-corrected chi connectivity index (χ4v) is 2.67. The largest absolute Gasteiger partial charge is 0.309 e. The Morgan fingerprint density at radius 2 is 1.78 bits per heavy atom. The zero-order valence-corrected chi connectivity index (χ0v) is 12.2. The van der Waals surface area contributed by atoms with Gasteiger partial charge in [0.15, 0.2) is 0 Å². The van der Waals surface area contributed by atoms with Gasteiger partial charge in [0.2, 0.25) is 0 Å². The highest BCUT2D eigenvalue weighted by atomic mass is 32.2. The van der Waals surface area contributed by atoms with E-state index in [9.17, 15) is 8.42 Å². The molecule has 1 unspecified atom stereocenters. The highest BCUT2D eigenvalue weighted by Crippen LogP contribution is 2.14. The highest BCUT2D eigenvalue weighted by Gasteiger charge is 2.16. The van der Waals surface area contributed by atoms with Crippen molar-refractivity contribution in [2.45, 2.75) is 18.7 Å². The lowest BCUT2D eigenvalue weighted by Crippen LogP contribution is -2.24. The second kappa shape index (κ2) is 6.31. The lowest BCUT2D eigenvalue weighted by molar-refractivity contribution is 0.226. The Hall–Kier alpha value is -0.910. The molecule has 0 saturated carbocycles. The van der Waals surface area contributed by atoms with Crippen LogP contribution in [0.5, 0.6) is 0 Å². The minimum atomic E-state index is -3.63. The van der Waals surface area contributed by atoms with Gasteiger partial charge < -0.3 is 4.90 Å². The second-order valence-corrected chi connectivity index (χ2v) is 6.53. The average molecular weight is 271 g/mol. The van der Waals surface area contributed by atoms with Gasteiger partial charge in [-0.15, -0.1) is 0 Å². The zero-order chi connectivity index (χ0) is 13.8. The first-order valence-corrected chi connectivity index (χ1v) is 7.33. The molecule has 0 fully saturated rings. The van der Waals surface area contributed by atoms with E-state index in [1.807, 2.05) is 32.8 Å². The molecule has 0 amide bonds. The van der Waals surface area contributed by atoms with E-state index < -0.39 is 10.1 Å². The van der Waals surface area contributed by atoms with Crippen molar-refractivity contribution >= 4 is 10.1 Å². The summed E-state index contributed by atoms with van der Waals surface area (Å²) in [6, 6.07) is 6.67. The van der Waals surface area contributed by atoms with Gasteiger partial charge in [-0.3, -0.25) is 4.18 Å². The third kappa shape index (κ3) is 4.76. The monoisotopic (exact) mass is 271 g/mol. The molecule has 0 heterocycles. The van der Waals surface area contributed by atoms with Crippen molar-refractivity contribution in [3.05, 3.63) is 29.8 Å². The predicted octanol–water partition coefficient (Wildman–Crippen LogP) is 1.90. The van der Waals surface area contributed by atoms with E-state index in [1.54, 1.807) is 24.3 Å². The molecule has 0 aliphatic rings. The SMILES string of the molecule is Cc1ccc(S(=O)(=O)OCC(C)CN(C)C)cc1. The average Bonchev–Trinajstić information content (AvgIpc) is 2.26. The van der Waals surface area contributed by atoms with Crippen LogP contribution in [-0.2, 0) is 14.3 Å². The molecular weight excluding hydrogens is 250 g/mol. The van der Waals surface area contributed by atoms with Crippen molar-refractivity contribution in [1.82, 2.24) is 4.90 Å². The molecule has 0 aromatic heterocycles. The van der Waals surface area contributed by atoms with Crippen molar-refractivity contribution in [2.24, 2.45) is 5.92 Å². The summed E-state index contributed by atoms with van der Waals surface area (Å²) in [5.74, 6) is 0.167. The van der Waals surface area contributed by atoms with Gasteiger partial charge in [0.25, 0.3) is 10.1 Å². The van der Waals surface area contributed by atoms with Gasteiger partial charge in [-0.2, -0.15) is 8.42 Å². The summed E-state index contributed by atoms with van der Waals surface area (Å²) >= 11 is 0. The van der Waals surface area contributed by atoms with Crippen LogP contribution >= 0.6 is 0 Å². The molecule has 102 valence electrons. The fourth-order valence-electron chi connectivity index (χ4n) is 1.65. The summed E-state index contributed by atoms with van der Waals surface area (Å²) in [5.41, 5.74) is 1.02. The van der Waals surface area contributed by atoms with Crippen molar-refractivity contribution in [1.29, 1.82) is 0 Å². The van der Waals surface area contributed by atoms with E-state index in [-0.39, 0.29) is 17.4 Å². The fraction of sp³-hybridized carbons (Fsp3) is 0.538. The van der Waals surface area contributed by atoms with Gasteiger partial charge in [0.05, 0.1) is 11.5 Å². The summed E-state index contributed by atoms with van der Waals surface area (Å²) < 4.78 is 28.9. The number of hydrogen-bond donors (Lipinski definition) is 0. The molecule has 0 saturated heterocycles. The lowest BCUT2D eigenvalue weighted by atomic mass is 10.2. The van der Waals surface area contributed by atoms with E-state index in [2.05, 4.69) is 0 Å². The minimum Gasteiger partial charge on any atom is -0.309 e. The molecule has 0 bridgehead atoms. The van der Waals surface area contributed by atoms with Crippen LogP contribution in [0.1, 0.15) is 12.5 Å². The summed E-state index contributed by atoms with van der Waals surface area (Å²) in [7, 11) is 0.272. The van der Waals surface area contributed by atoms with Crippen molar-refractivity contribution < 1.29 is 12.6 Å². The van der Waals surface area contributed by atoms with Gasteiger partial charge in [-0.1, -0.05) is 24.6 Å². The molecule has 1 aromatic carbocycles. The molecule has 1 atom stereocenters. The molecule has 0 radical (unpaired) electrons. The number of benzene rings is 1. The maximum absolute atomic E-state index is 11.9. The predicted molar refractivity (Wildman–Crippen MR) is 72.0 cm³/mol. The maximum Gasteiger partial charge on any atom is 0.296 e. The standard InChI is InChI=1S/C13H21NO3S/c1-11-5-7-13(8-6-11)18(15,16)17-10-12(2)9-14(3)4/h5-8,12H,9-10H2,1-4H3. The first-order valence-electron chi connectivity index (χ1n) is 5.92. The van der Waals surface area contributed by atoms with E-state index in [4.69, 9.17) is 4.18 Å². The topological polar surface area (TPSA) is 46.6 Å². The number of hydrogen-bond acceptors (Lipinski definition) is 4. The van der Waals surface area contributed by atoms with Crippen LogP contribution in [-0.4, -0.2) is 40.6 Å². The summed E-state index contributed by atoms with van der Waals surface area (Å²) in [4.78, 5) is 2.22. The Bertz CT molecular complexity index is 466. The second-order valence-electron chi connectivity index (χ2n) is 4.92. The minimum absolute atomic E-state index is 0.167. The Morgan fingerprint density at radius 1 is 1.22 bits per heavy atom. The first kappa shape index (κ1) is 15.1. The highest BCUT2D eigenvalue weighted by molar-refractivity contribution is 7.86. The normalized spacial score (nSPS) is 13.8. The molecule has 5 heteroatoms. The third-order valence-electron chi connectivity index (χ3n) is 2.49. The van der Waals surface area contributed by atoms with Gasteiger partial charge in [0, 0.05) is 6.54 Å². The van der Waals surface area contributed by atoms with Crippen molar-refractivity contribution in [2.75, 3.05) is 27.2 Å². The molecule has 4 nitrogen and oxygen atoms in total. The van der Waals surface area contributed by atoms with Crippen LogP contribution in [0.3, 0.4) is 0 Å². The molecule has 0 aliphatic carbocycles. The summed E-state index contributed by atoms with van der Waals surface area (Å²) in [5, 5.41) is 0. The zero-order valence-electron chi connectivity index (χ0n) is 11.4. The number of nitrogens with zero attached hydrogens (tertiary/aromatic N) is 1. The third-order valence-corrected chi connectivity index (χ3v) is 3.79. The quantitative estimate of drug-likeness (QED) is 0.741. The van der Waals surface area contributed by atoms with E-state index in [0.717, 1.165) is 12.1 Å². The van der Waals surface area contributed by atoms with Crippen molar-refractivity contribution in [3.8, 4) is 0 Å². The smallest absolute Gasteiger partial charge is 0.296 e. The molecule has 1 rings (SSSR count). The Labute approximate surface area is 110 Å². The van der Waals surface area contributed by atoms with Crippen LogP contribution in [0.15, 0.2) is 29.2 Å². The lowest BCUT2D eigenvalue weighted by Gasteiger charge is -2.16. The van der Waals surface area contributed by atoms with E-state index in [0.29, 0.717) is 0 Å². The molecule has 0 spiro atoms. The Kier molecular flexibility index (Phi) is 5.31.